The van der Waals surface area contributed by atoms with E-state index in [4.69, 9.17) is 5.84 Å². The molecule has 0 spiro atoms. The molecule has 2 rings (SSSR count). The summed E-state index contributed by atoms with van der Waals surface area (Å²) in [5.41, 5.74) is 4.85. The van der Waals surface area contributed by atoms with Gasteiger partial charge in [0.1, 0.15) is 6.33 Å². The molecule has 0 fully saturated rings. The van der Waals surface area contributed by atoms with Gasteiger partial charge in [0.2, 0.25) is 0 Å². The quantitative estimate of drug-likeness (QED) is 0.544. The first kappa shape index (κ1) is 13.0. The molecule has 100 valence electrons. The Kier molecular flexibility index (Phi) is 3.76. The number of benzene rings is 1. The summed E-state index contributed by atoms with van der Waals surface area (Å²) < 4.78 is 1.59. The standard InChI is InChI=1S/C12H16N6O/c1-8-5-9(3-4-10(8)16-13)12(19)14-6-11-15-7-18(2)17-11/h3-5,7,16H,6,13H2,1-2H3,(H,14,19). The second kappa shape index (κ2) is 5.49. The van der Waals surface area contributed by atoms with E-state index in [1.54, 1.807) is 36.3 Å². The second-order valence-corrected chi connectivity index (χ2v) is 4.19. The van der Waals surface area contributed by atoms with Gasteiger partial charge in [0, 0.05) is 12.6 Å². The van der Waals surface area contributed by atoms with Gasteiger partial charge in [-0.15, -0.1) is 0 Å². The van der Waals surface area contributed by atoms with E-state index in [2.05, 4.69) is 20.8 Å². The van der Waals surface area contributed by atoms with Crippen LogP contribution in [0.15, 0.2) is 24.5 Å². The molecular weight excluding hydrogens is 244 g/mol. The minimum atomic E-state index is -0.167. The second-order valence-electron chi connectivity index (χ2n) is 4.19. The number of amides is 1. The first-order chi connectivity index (χ1) is 9.10. The fraction of sp³-hybridized carbons (Fsp3) is 0.250. The van der Waals surface area contributed by atoms with E-state index in [1.165, 1.54) is 0 Å². The molecule has 1 amide bonds. The fourth-order valence-electron chi connectivity index (χ4n) is 1.69. The van der Waals surface area contributed by atoms with Crippen molar-refractivity contribution >= 4 is 11.6 Å². The highest BCUT2D eigenvalue weighted by molar-refractivity contribution is 5.94. The van der Waals surface area contributed by atoms with Crippen LogP contribution in [0.1, 0.15) is 21.7 Å². The minimum absolute atomic E-state index is 0.167. The molecule has 0 aliphatic carbocycles. The normalized spacial score (nSPS) is 10.3. The van der Waals surface area contributed by atoms with E-state index in [9.17, 15) is 4.79 Å². The summed E-state index contributed by atoms with van der Waals surface area (Å²) >= 11 is 0. The van der Waals surface area contributed by atoms with Crippen LogP contribution in [0, 0.1) is 6.92 Å². The largest absolute Gasteiger partial charge is 0.345 e. The lowest BCUT2D eigenvalue weighted by Gasteiger charge is -2.07. The summed E-state index contributed by atoms with van der Waals surface area (Å²) in [7, 11) is 1.78. The van der Waals surface area contributed by atoms with Crippen LogP contribution in [0.2, 0.25) is 0 Å². The van der Waals surface area contributed by atoms with E-state index >= 15 is 0 Å². The van der Waals surface area contributed by atoms with Crippen LogP contribution in [0.5, 0.6) is 0 Å². The Morgan fingerprint density at radius 1 is 1.47 bits per heavy atom. The Labute approximate surface area is 110 Å². The number of hydrazine groups is 1. The first-order valence-electron chi connectivity index (χ1n) is 5.80. The molecule has 1 heterocycles. The summed E-state index contributed by atoms with van der Waals surface area (Å²) in [5, 5.41) is 6.85. The average molecular weight is 260 g/mol. The molecule has 0 atom stereocenters. The summed E-state index contributed by atoms with van der Waals surface area (Å²) in [4.78, 5) is 16.0. The number of carbonyl (C=O) groups is 1. The third kappa shape index (κ3) is 3.08. The van der Waals surface area contributed by atoms with Crippen molar-refractivity contribution in [3.05, 3.63) is 41.5 Å². The lowest BCUT2D eigenvalue weighted by molar-refractivity contribution is 0.0950. The Hall–Kier alpha value is -2.41. The molecule has 0 aliphatic heterocycles. The van der Waals surface area contributed by atoms with E-state index in [1.807, 2.05) is 6.92 Å². The van der Waals surface area contributed by atoms with Crippen molar-refractivity contribution in [2.75, 3.05) is 5.43 Å². The Bertz CT molecular complexity index is 592. The number of aromatic nitrogens is 3. The van der Waals surface area contributed by atoms with Gasteiger partial charge in [-0.2, -0.15) is 5.10 Å². The number of nitrogen functional groups attached to an aromatic ring is 1. The van der Waals surface area contributed by atoms with Crippen molar-refractivity contribution in [2.45, 2.75) is 13.5 Å². The van der Waals surface area contributed by atoms with Crippen LogP contribution in [-0.4, -0.2) is 20.7 Å². The fourth-order valence-corrected chi connectivity index (χ4v) is 1.69. The number of nitrogens with two attached hydrogens (primary N) is 1. The topological polar surface area (TPSA) is 97.9 Å². The molecule has 0 saturated carbocycles. The van der Waals surface area contributed by atoms with Gasteiger partial charge < -0.3 is 10.7 Å². The minimum Gasteiger partial charge on any atom is -0.345 e. The van der Waals surface area contributed by atoms with Gasteiger partial charge in [-0.05, 0) is 30.7 Å². The van der Waals surface area contributed by atoms with Crippen molar-refractivity contribution in [1.82, 2.24) is 20.1 Å². The first-order valence-corrected chi connectivity index (χ1v) is 5.80. The lowest BCUT2D eigenvalue weighted by atomic mass is 10.1. The molecule has 19 heavy (non-hydrogen) atoms. The predicted molar refractivity (Wildman–Crippen MR) is 71.2 cm³/mol. The number of nitrogens with one attached hydrogen (secondary N) is 2. The van der Waals surface area contributed by atoms with Crippen LogP contribution in [0.4, 0.5) is 5.69 Å². The van der Waals surface area contributed by atoms with Crippen molar-refractivity contribution in [3.8, 4) is 0 Å². The van der Waals surface area contributed by atoms with Crippen LogP contribution in [-0.2, 0) is 13.6 Å². The smallest absolute Gasteiger partial charge is 0.251 e. The summed E-state index contributed by atoms with van der Waals surface area (Å²) in [6.07, 6.45) is 1.59. The Morgan fingerprint density at radius 3 is 2.84 bits per heavy atom. The monoisotopic (exact) mass is 260 g/mol. The maximum absolute atomic E-state index is 12.0. The van der Waals surface area contributed by atoms with Gasteiger partial charge in [-0.3, -0.25) is 15.3 Å². The van der Waals surface area contributed by atoms with Gasteiger partial charge in [-0.25, -0.2) is 4.98 Å². The lowest BCUT2D eigenvalue weighted by Crippen LogP contribution is -2.23. The van der Waals surface area contributed by atoms with E-state index in [0.29, 0.717) is 17.9 Å². The van der Waals surface area contributed by atoms with E-state index < -0.39 is 0 Å². The molecule has 4 N–H and O–H groups in total. The molecule has 7 heteroatoms. The maximum Gasteiger partial charge on any atom is 0.251 e. The van der Waals surface area contributed by atoms with Crippen LogP contribution in [0.25, 0.3) is 0 Å². The van der Waals surface area contributed by atoms with Gasteiger partial charge >= 0.3 is 0 Å². The van der Waals surface area contributed by atoms with Gasteiger partial charge in [0.25, 0.3) is 5.91 Å². The molecule has 2 aromatic rings. The Morgan fingerprint density at radius 2 is 2.26 bits per heavy atom. The third-order valence-corrected chi connectivity index (χ3v) is 2.70. The van der Waals surface area contributed by atoms with Crippen LogP contribution in [0.3, 0.4) is 0 Å². The summed E-state index contributed by atoms with van der Waals surface area (Å²) in [5.74, 6) is 5.75. The number of anilines is 1. The molecule has 1 aromatic heterocycles. The molecule has 1 aromatic carbocycles. The van der Waals surface area contributed by atoms with Crippen molar-refractivity contribution in [2.24, 2.45) is 12.9 Å². The number of nitrogens with zero attached hydrogens (tertiary/aromatic N) is 3. The zero-order valence-corrected chi connectivity index (χ0v) is 10.8. The summed E-state index contributed by atoms with van der Waals surface area (Å²) in [6.45, 7) is 2.18. The van der Waals surface area contributed by atoms with Crippen molar-refractivity contribution in [1.29, 1.82) is 0 Å². The van der Waals surface area contributed by atoms with Gasteiger partial charge in [-0.1, -0.05) is 0 Å². The van der Waals surface area contributed by atoms with Crippen LogP contribution >= 0.6 is 0 Å². The zero-order chi connectivity index (χ0) is 13.8. The molecule has 7 nitrogen and oxygen atoms in total. The number of aryl methyl sites for hydroxylation is 2. The predicted octanol–water partition coefficient (Wildman–Crippen LogP) is 0.339. The molecule has 0 saturated heterocycles. The Balaban J connectivity index is 2.01. The number of hydrogen-bond donors (Lipinski definition) is 3. The highest BCUT2D eigenvalue weighted by Gasteiger charge is 2.08. The highest BCUT2D eigenvalue weighted by Crippen LogP contribution is 2.15. The number of carbonyl (C=O) groups excluding carboxylic acids is 1. The molecular formula is C12H16N6O. The van der Waals surface area contributed by atoms with Crippen LogP contribution < -0.4 is 16.6 Å². The third-order valence-electron chi connectivity index (χ3n) is 2.70. The highest BCUT2D eigenvalue weighted by atomic mass is 16.1. The SMILES string of the molecule is Cc1cc(C(=O)NCc2ncn(C)n2)ccc1NN. The van der Waals surface area contributed by atoms with Gasteiger partial charge in [0.05, 0.1) is 12.2 Å². The zero-order valence-electron chi connectivity index (χ0n) is 10.8. The average Bonchev–Trinajstić information content (AvgIpc) is 2.81. The van der Waals surface area contributed by atoms with Crippen molar-refractivity contribution in [3.63, 3.8) is 0 Å². The van der Waals surface area contributed by atoms with E-state index in [-0.39, 0.29) is 5.91 Å². The number of rotatable bonds is 4. The number of hydrogen-bond acceptors (Lipinski definition) is 5. The summed E-state index contributed by atoms with van der Waals surface area (Å²) in [6, 6.07) is 5.25. The molecule has 0 radical (unpaired) electrons. The molecule has 0 bridgehead atoms. The maximum atomic E-state index is 12.0. The molecule has 0 unspecified atom stereocenters. The molecule has 0 aliphatic rings. The van der Waals surface area contributed by atoms with Crippen molar-refractivity contribution < 1.29 is 4.79 Å². The van der Waals surface area contributed by atoms with Gasteiger partial charge in [0.15, 0.2) is 5.82 Å². The van der Waals surface area contributed by atoms with E-state index in [0.717, 1.165) is 11.3 Å².